The Labute approximate surface area is 192 Å². The molecule has 0 saturated heterocycles. The first kappa shape index (κ1) is 22.7. The summed E-state index contributed by atoms with van der Waals surface area (Å²) < 4.78 is 16.1. The van der Waals surface area contributed by atoms with E-state index in [-0.39, 0.29) is 18.1 Å². The number of pyridine rings is 1. The number of anilines is 2. The summed E-state index contributed by atoms with van der Waals surface area (Å²) in [5.74, 6) is 1.73. The van der Waals surface area contributed by atoms with Crippen LogP contribution in [0.4, 0.5) is 11.5 Å². The molecule has 3 aromatic rings. The predicted molar refractivity (Wildman–Crippen MR) is 128 cm³/mol. The summed E-state index contributed by atoms with van der Waals surface area (Å²) in [5.41, 5.74) is 1.76. The maximum absolute atomic E-state index is 13.4. The number of para-hydroxylation sites is 1. The van der Waals surface area contributed by atoms with Crippen LogP contribution in [0.15, 0.2) is 42.5 Å². The molecule has 1 saturated carbocycles. The molecule has 0 atom stereocenters. The number of rotatable bonds is 7. The van der Waals surface area contributed by atoms with E-state index in [0.29, 0.717) is 34.3 Å². The number of benzene rings is 2. The van der Waals surface area contributed by atoms with Crippen LogP contribution in [0.5, 0.6) is 17.2 Å². The average molecular weight is 452 g/mol. The first-order chi connectivity index (χ1) is 16.0. The molecule has 8 nitrogen and oxygen atoms in total. The number of hydrogen-bond donors (Lipinski definition) is 3. The normalized spacial score (nSPS) is 17.9. The van der Waals surface area contributed by atoms with Gasteiger partial charge in [-0.25, -0.2) is 4.98 Å². The number of carbonyl (C=O) groups is 1. The predicted octanol–water partition coefficient (Wildman–Crippen LogP) is 4.23. The maximum atomic E-state index is 13.4. The average Bonchev–Trinajstić information content (AvgIpc) is 2.84. The van der Waals surface area contributed by atoms with Crippen molar-refractivity contribution in [2.45, 2.75) is 37.8 Å². The number of methoxy groups -OCH3 is 3. The number of ether oxygens (including phenoxy) is 3. The van der Waals surface area contributed by atoms with Crippen molar-refractivity contribution in [2.75, 3.05) is 32.0 Å². The van der Waals surface area contributed by atoms with Gasteiger partial charge in [0, 0.05) is 29.2 Å². The standard InChI is InChI=1S/C25H29N3O5/c1-31-21-12-16(13-22(32-2)24(21)33-3)27-25(30)19-14-23(26-15-8-10-17(29)11-9-15)28-20-7-5-4-6-18(19)20/h4-7,12-15,17,29H,8-11H2,1-3H3,(H,26,28)(H,27,30). The first-order valence-electron chi connectivity index (χ1n) is 11.0. The SMILES string of the molecule is COc1cc(NC(=O)c2cc(NC3CCC(O)CC3)nc3ccccc23)cc(OC)c1OC. The number of amides is 1. The van der Waals surface area contributed by atoms with Gasteiger partial charge in [-0.15, -0.1) is 0 Å². The van der Waals surface area contributed by atoms with E-state index in [9.17, 15) is 9.90 Å². The zero-order valence-electron chi connectivity index (χ0n) is 19.1. The van der Waals surface area contributed by atoms with Crippen molar-refractivity contribution in [3.63, 3.8) is 0 Å². The van der Waals surface area contributed by atoms with Crippen molar-refractivity contribution >= 4 is 28.3 Å². The fourth-order valence-electron chi connectivity index (χ4n) is 4.22. The maximum Gasteiger partial charge on any atom is 0.256 e. The van der Waals surface area contributed by atoms with Gasteiger partial charge in [0.05, 0.1) is 38.5 Å². The van der Waals surface area contributed by atoms with Gasteiger partial charge in [-0.3, -0.25) is 4.79 Å². The summed E-state index contributed by atoms with van der Waals surface area (Å²) in [5, 5.41) is 16.9. The molecule has 1 fully saturated rings. The summed E-state index contributed by atoms with van der Waals surface area (Å²) >= 11 is 0. The number of hydrogen-bond acceptors (Lipinski definition) is 7. The van der Waals surface area contributed by atoms with Crippen molar-refractivity contribution in [3.8, 4) is 17.2 Å². The van der Waals surface area contributed by atoms with Crippen LogP contribution in [0.1, 0.15) is 36.0 Å². The minimum atomic E-state index is -0.273. The summed E-state index contributed by atoms with van der Waals surface area (Å²) in [7, 11) is 4.59. The van der Waals surface area contributed by atoms with Gasteiger partial charge in [-0.2, -0.15) is 0 Å². The van der Waals surface area contributed by atoms with Crippen LogP contribution >= 0.6 is 0 Å². The molecule has 1 heterocycles. The smallest absolute Gasteiger partial charge is 0.256 e. The van der Waals surface area contributed by atoms with Gasteiger partial charge in [0.1, 0.15) is 5.82 Å². The molecule has 174 valence electrons. The molecule has 4 rings (SSSR count). The van der Waals surface area contributed by atoms with Crippen LogP contribution in [0.3, 0.4) is 0 Å². The Morgan fingerprint density at radius 2 is 1.64 bits per heavy atom. The third kappa shape index (κ3) is 4.96. The highest BCUT2D eigenvalue weighted by atomic mass is 16.5. The Morgan fingerprint density at radius 1 is 0.970 bits per heavy atom. The van der Waals surface area contributed by atoms with Crippen LogP contribution in [0.25, 0.3) is 10.9 Å². The number of carbonyl (C=O) groups excluding carboxylic acids is 1. The van der Waals surface area contributed by atoms with Gasteiger partial charge in [0.2, 0.25) is 5.75 Å². The molecule has 3 N–H and O–H groups in total. The molecule has 8 heteroatoms. The number of fused-ring (bicyclic) bond motifs is 1. The zero-order chi connectivity index (χ0) is 23.4. The Morgan fingerprint density at radius 3 is 2.27 bits per heavy atom. The molecule has 1 amide bonds. The molecule has 0 bridgehead atoms. The van der Waals surface area contributed by atoms with E-state index >= 15 is 0 Å². The minimum Gasteiger partial charge on any atom is -0.493 e. The fourth-order valence-corrected chi connectivity index (χ4v) is 4.22. The zero-order valence-corrected chi connectivity index (χ0v) is 19.1. The van der Waals surface area contributed by atoms with E-state index in [1.165, 1.54) is 21.3 Å². The van der Waals surface area contributed by atoms with Crippen LogP contribution < -0.4 is 24.8 Å². The molecule has 1 aromatic heterocycles. The molecule has 0 unspecified atom stereocenters. The van der Waals surface area contributed by atoms with Gasteiger partial charge in [-0.05, 0) is 37.8 Å². The number of aliphatic hydroxyl groups excluding tert-OH is 1. The lowest BCUT2D eigenvalue weighted by Crippen LogP contribution is -2.28. The second-order valence-electron chi connectivity index (χ2n) is 8.09. The van der Waals surface area contributed by atoms with Crippen LogP contribution in [-0.2, 0) is 0 Å². The van der Waals surface area contributed by atoms with Crippen LogP contribution in [0.2, 0.25) is 0 Å². The summed E-state index contributed by atoms with van der Waals surface area (Å²) in [6.45, 7) is 0. The van der Waals surface area contributed by atoms with E-state index in [0.717, 1.165) is 36.6 Å². The van der Waals surface area contributed by atoms with E-state index in [1.54, 1.807) is 18.2 Å². The van der Waals surface area contributed by atoms with Crippen molar-refractivity contribution in [3.05, 3.63) is 48.0 Å². The van der Waals surface area contributed by atoms with Gasteiger partial charge < -0.3 is 30.0 Å². The van der Waals surface area contributed by atoms with Crippen LogP contribution in [0, 0.1) is 0 Å². The highest BCUT2D eigenvalue weighted by Gasteiger charge is 2.21. The molecule has 1 aliphatic carbocycles. The summed E-state index contributed by atoms with van der Waals surface area (Å²) in [6.07, 6.45) is 3.03. The van der Waals surface area contributed by atoms with Crippen molar-refractivity contribution in [1.29, 1.82) is 0 Å². The fraction of sp³-hybridized carbons (Fsp3) is 0.360. The summed E-state index contributed by atoms with van der Waals surface area (Å²) in [4.78, 5) is 18.1. The quantitative estimate of drug-likeness (QED) is 0.494. The van der Waals surface area contributed by atoms with Crippen LogP contribution in [-0.4, -0.2) is 49.5 Å². The van der Waals surface area contributed by atoms with Gasteiger partial charge >= 0.3 is 0 Å². The van der Waals surface area contributed by atoms with Gasteiger partial charge in [-0.1, -0.05) is 18.2 Å². The minimum absolute atomic E-state index is 0.216. The van der Waals surface area contributed by atoms with Crippen molar-refractivity contribution in [2.24, 2.45) is 0 Å². The molecule has 33 heavy (non-hydrogen) atoms. The van der Waals surface area contributed by atoms with Gasteiger partial charge in [0.25, 0.3) is 5.91 Å². The molecule has 0 radical (unpaired) electrons. The lowest BCUT2D eigenvalue weighted by atomic mass is 9.93. The molecule has 2 aromatic carbocycles. The van der Waals surface area contributed by atoms with E-state index < -0.39 is 0 Å². The number of nitrogens with one attached hydrogen (secondary N) is 2. The second kappa shape index (κ2) is 9.95. The Kier molecular flexibility index (Phi) is 6.84. The van der Waals surface area contributed by atoms with Crippen molar-refractivity contribution in [1.82, 2.24) is 4.98 Å². The van der Waals surface area contributed by atoms with Gasteiger partial charge in [0.15, 0.2) is 11.5 Å². The molecule has 1 aliphatic rings. The monoisotopic (exact) mass is 451 g/mol. The Balaban J connectivity index is 1.65. The lowest BCUT2D eigenvalue weighted by molar-refractivity contribution is 0.102. The Bertz CT molecular complexity index is 1120. The van der Waals surface area contributed by atoms with Crippen molar-refractivity contribution < 1.29 is 24.1 Å². The highest BCUT2D eigenvalue weighted by molar-refractivity contribution is 6.13. The van der Waals surface area contributed by atoms with E-state index in [4.69, 9.17) is 19.2 Å². The number of aliphatic hydroxyl groups is 1. The number of nitrogens with zero attached hydrogens (tertiary/aromatic N) is 1. The second-order valence-corrected chi connectivity index (χ2v) is 8.09. The third-order valence-electron chi connectivity index (χ3n) is 5.93. The third-order valence-corrected chi connectivity index (χ3v) is 5.93. The topological polar surface area (TPSA) is 102 Å². The molecule has 0 aliphatic heterocycles. The Hall–Kier alpha value is -3.52. The highest BCUT2D eigenvalue weighted by Crippen LogP contribution is 2.40. The number of aromatic nitrogens is 1. The molecule has 0 spiro atoms. The lowest BCUT2D eigenvalue weighted by Gasteiger charge is -2.26. The van der Waals surface area contributed by atoms with E-state index in [2.05, 4.69) is 10.6 Å². The first-order valence-corrected chi connectivity index (χ1v) is 11.0. The molecular weight excluding hydrogens is 422 g/mol. The largest absolute Gasteiger partial charge is 0.493 e. The summed E-state index contributed by atoms with van der Waals surface area (Å²) in [6, 6.07) is 12.9. The van der Waals surface area contributed by atoms with E-state index in [1.807, 2.05) is 24.3 Å². The molecular formula is C25H29N3O5.